The van der Waals surface area contributed by atoms with Crippen LogP contribution in [-0.4, -0.2) is 32.4 Å². The van der Waals surface area contributed by atoms with E-state index in [4.69, 9.17) is 4.84 Å². The lowest BCUT2D eigenvalue weighted by atomic mass is 10.1. The molecule has 1 aromatic heterocycles. The number of nitrogens with zero attached hydrogens (tertiary/aromatic N) is 3. The monoisotopic (exact) mass is 299 g/mol. The lowest BCUT2D eigenvalue weighted by Crippen LogP contribution is -2.35. The summed E-state index contributed by atoms with van der Waals surface area (Å²) in [5.74, 6) is -1.95. The van der Waals surface area contributed by atoms with E-state index < -0.39 is 23.8 Å². The fourth-order valence-electron chi connectivity index (χ4n) is 2.35. The van der Waals surface area contributed by atoms with Crippen LogP contribution in [0, 0.1) is 0 Å². The first-order chi connectivity index (χ1) is 10.6. The Morgan fingerprint density at radius 1 is 1.23 bits per heavy atom. The molecule has 2 heterocycles. The summed E-state index contributed by atoms with van der Waals surface area (Å²) in [7, 11) is 0. The number of hydrogen-bond donors (Lipinski definition) is 0. The third kappa shape index (κ3) is 2.16. The Bertz CT molecular complexity index is 704. The second-order valence-corrected chi connectivity index (χ2v) is 4.79. The number of rotatable bonds is 4. The molecule has 22 heavy (non-hydrogen) atoms. The smallest absolute Gasteiger partial charge is 0.327 e. The fraction of sp³-hybridized carbons (Fsp3) is 0.200. The van der Waals surface area contributed by atoms with Crippen molar-refractivity contribution < 1.29 is 19.2 Å². The summed E-state index contributed by atoms with van der Waals surface area (Å²) in [6.07, 6.45) is 5.09. The van der Waals surface area contributed by atoms with E-state index in [2.05, 4.69) is 4.98 Å². The highest BCUT2D eigenvalue weighted by Gasteiger charge is 2.39. The van der Waals surface area contributed by atoms with E-state index in [0.717, 1.165) is 0 Å². The molecule has 1 unspecified atom stereocenters. The molecular weight excluding hydrogens is 286 g/mol. The Kier molecular flexibility index (Phi) is 3.46. The van der Waals surface area contributed by atoms with Crippen molar-refractivity contribution >= 4 is 17.8 Å². The lowest BCUT2D eigenvalue weighted by molar-refractivity contribution is -0.172. The van der Waals surface area contributed by atoms with Crippen LogP contribution in [0.3, 0.4) is 0 Å². The standard InChI is InChI=1S/C15H13N3O4/c1-2-12(17-8-7-16-9-17)15(21)22-18-13(19)10-5-3-4-6-11(10)14(18)20/h3-9,12H,2H2,1H3. The van der Waals surface area contributed by atoms with Crippen molar-refractivity contribution in [2.45, 2.75) is 19.4 Å². The van der Waals surface area contributed by atoms with Crippen LogP contribution in [-0.2, 0) is 9.63 Å². The molecular formula is C15H13N3O4. The molecule has 2 amide bonds. The highest BCUT2D eigenvalue weighted by atomic mass is 16.7. The predicted octanol–water partition coefficient (Wildman–Crippen LogP) is 1.59. The molecule has 2 aromatic rings. The van der Waals surface area contributed by atoms with Crippen LogP contribution in [0.25, 0.3) is 0 Å². The van der Waals surface area contributed by atoms with Crippen molar-refractivity contribution in [3.05, 3.63) is 54.1 Å². The van der Waals surface area contributed by atoms with Gasteiger partial charge in [0.15, 0.2) is 0 Å². The van der Waals surface area contributed by atoms with Gasteiger partial charge in [-0.05, 0) is 18.6 Å². The minimum atomic E-state index is -0.685. The molecule has 1 aromatic carbocycles. The van der Waals surface area contributed by atoms with Crippen molar-refractivity contribution in [2.24, 2.45) is 0 Å². The number of benzene rings is 1. The van der Waals surface area contributed by atoms with Gasteiger partial charge in [-0.3, -0.25) is 9.59 Å². The van der Waals surface area contributed by atoms with Gasteiger partial charge in [-0.1, -0.05) is 24.1 Å². The van der Waals surface area contributed by atoms with Gasteiger partial charge in [-0.15, -0.1) is 0 Å². The quantitative estimate of drug-likeness (QED) is 0.801. The molecule has 1 atom stereocenters. The van der Waals surface area contributed by atoms with Gasteiger partial charge in [0.2, 0.25) is 0 Å². The molecule has 0 aliphatic carbocycles. The second-order valence-electron chi connectivity index (χ2n) is 4.79. The van der Waals surface area contributed by atoms with Gasteiger partial charge in [0.25, 0.3) is 11.8 Å². The van der Waals surface area contributed by atoms with E-state index in [0.29, 0.717) is 11.5 Å². The van der Waals surface area contributed by atoms with Crippen LogP contribution in [0.5, 0.6) is 0 Å². The van der Waals surface area contributed by atoms with E-state index in [1.165, 1.54) is 24.7 Å². The van der Waals surface area contributed by atoms with Gasteiger partial charge >= 0.3 is 5.97 Å². The molecule has 0 fully saturated rings. The number of hydrogen-bond acceptors (Lipinski definition) is 5. The van der Waals surface area contributed by atoms with Crippen molar-refractivity contribution in [3.63, 3.8) is 0 Å². The van der Waals surface area contributed by atoms with Crippen LogP contribution < -0.4 is 0 Å². The number of fused-ring (bicyclic) bond motifs is 1. The third-order valence-electron chi connectivity index (χ3n) is 3.48. The Morgan fingerprint density at radius 2 is 1.86 bits per heavy atom. The second kappa shape index (κ2) is 5.44. The molecule has 0 saturated heterocycles. The van der Waals surface area contributed by atoms with E-state index in [9.17, 15) is 14.4 Å². The normalized spacial score (nSPS) is 14.9. The van der Waals surface area contributed by atoms with Crippen molar-refractivity contribution in [1.82, 2.24) is 14.6 Å². The summed E-state index contributed by atoms with van der Waals surface area (Å²) >= 11 is 0. The van der Waals surface area contributed by atoms with Crippen molar-refractivity contribution in [3.8, 4) is 0 Å². The van der Waals surface area contributed by atoms with E-state index in [1.54, 1.807) is 29.8 Å². The molecule has 0 spiro atoms. The number of imide groups is 1. The average molecular weight is 299 g/mol. The molecule has 7 nitrogen and oxygen atoms in total. The minimum Gasteiger partial charge on any atom is -0.327 e. The third-order valence-corrected chi connectivity index (χ3v) is 3.48. The molecule has 1 aliphatic heterocycles. The van der Waals surface area contributed by atoms with E-state index >= 15 is 0 Å². The average Bonchev–Trinajstić information content (AvgIpc) is 3.12. The fourth-order valence-corrected chi connectivity index (χ4v) is 2.35. The maximum absolute atomic E-state index is 12.3. The van der Waals surface area contributed by atoms with Gasteiger partial charge < -0.3 is 9.40 Å². The molecule has 112 valence electrons. The van der Waals surface area contributed by atoms with Crippen molar-refractivity contribution in [2.75, 3.05) is 0 Å². The minimum absolute atomic E-state index is 0.232. The van der Waals surface area contributed by atoms with Gasteiger partial charge in [-0.25, -0.2) is 9.78 Å². The maximum Gasteiger partial charge on any atom is 0.355 e. The van der Waals surface area contributed by atoms with Crippen LogP contribution in [0.1, 0.15) is 40.1 Å². The summed E-state index contributed by atoms with van der Waals surface area (Å²) in [5, 5.41) is 0.520. The molecule has 3 rings (SSSR count). The Hall–Kier alpha value is -2.96. The SMILES string of the molecule is CCC(C(=O)ON1C(=O)c2ccccc2C1=O)n1ccnc1. The summed E-state index contributed by atoms with van der Waals surface area (Å²) in [5.41, 5.74) is 0.465. The van der Waals surface area contributed by atoms with Crippen molar-refractivity contribution in [1.29, 1.82) is 0 Å². The van der Waals surface area contributed by atoms with Crippen LogP contribution >= 0.6 is 0 Å². The highest BCUT2D eigenvalue weighted by Crippen LogP contribution is 2.24. The first-order valence-corrected chi connectivity index (χ1v) is 6.80. The number of aromatic nitrogens is 2. The topological polar surface area (TPSA) is 81.5 Å². The summed E-state index contributed by atoms with van der Waals surface area (Å²) in [6.45, 7) is 1.80. The number of carbonyl (C=O) groups is 3. The van der Waals surface area contributed by atoms with Crippen LogP contribution in [0.4, 0.5) is 0 Å². The van der Waals surface area contributed by atoms with Crippen LogP contribution in [0.2, 0.25) is 0 Å². The predicted molar refractivity (Wildman–Crippen MR) is 74.6 cm³/mol. The van der Waals surface area contributed by atoms with E-state index in [1.807, 2.05) is 0 Å². The van der Waals surface area contributed by atoms with Gasteiger partial charge in [-0.2, -0.15) is 0 Å². The molecule has 0 saturated carbocycles. The largest absolute Gasteiger partial charge is 0.355 e. The zero-order chi connectivity index (χ0) is 15.7. The molecule has 1 aliphatic rings. The zero-order valence-corrected chi connectivity index (χ0v) is 11.8. The number of amides is 2. The Morgan fingerprint density at radius 3 is 2.36 bits per heavy atom. The van der Waals surface area contributed by atoms with Gasteiger partial charge in [0.05, 0.1) is 17.5 Å². The molecule has 0 N–H and O–H groups in total. The van der Waals surface area contributed by atoms with Gasteiger partial charge in [0, 0.05) is 12.4 Å². The van der Waals surface area contributed by atoms with Crippen LogP contribution in [0.15, 0.2) is 43.0 Å². The lowest BCUT2D eigenvalue weighted by Gasteiger charge is -2.18. The Balaban J connectivity index is 1.81. The molecule has 7 heteroatoms. The molecule has 0 bridgehead atoms. The summed E-state index contributed by atoms with van der Waals surface area (Å²) in [6, 6.07) is 5.70. The zero-order valence-electron chi connectivity index (χ0n) is 11.8. The highest BCUT2D eigenvalue weighted by molar-refractivity contribution is 6.20. The number of carbonyl (C=O) groups excluding carboxylic acids is 3. The summed E-state index contributed by atoms with van der Waals surface area (Å²) < 4.78 is 1.57. The maximum atomic E-state index is 12.3. The number of imidazole rings is 1. The Labute approximate surface area is 126 Å². The molecule has 0 radical (unpaired) electrons. The van der Waals surface area contributed by atoms with E-state index in [-0.39, 0.29) is 11.1 Å². The summed E-state index contributed by atoms with van der Waals surface area (Å²) in [4.78, 5) is 45.5. The van der Waals surface area contributed by atoms with Gasteiger partial charge in [0.1, 0.15) is 6.04 Å². The first-order valence-electron chi connectivity index (χ1n) is 6.80. The number of hydroxylamine groups is 2. The first kappa shape index (κ1) is 14.0.